The van der Waals surface area contributed by atoms with Crippen LogP contribution in [0.3, 0.4) is 0 Å². The van der Waals surface area contributed by atoms with E-state index in [1.165, 1.54) is 0 Å². The Morgan fingerprint density at radius 2 is 2.14 bits per heavy atom. The van der Waals surface area contributed by atoms with Crippen LogP contribution in [0.4, 0.5) is 15.8 Å². The molecule has 0 saturated carbocycles. The second-order valence-corrected chi connectivity index (χ2v) is 6.75. The lowest BCUT2D eigenvalue weighted by molar-refractivity contribution is -0.385. The largest absolute Gasteiger partial charge is 0.313 e. The van der Waals surface area contributed by atoms with E-state index in [1.807, 2.05) is 0 Å². The summed E-state index contributed by atoms with van der Waals surface area (Å²) in [4.78, 5) is 9.87. The standard InChI is InChI=1S/C12H16FN3O4S/c13-9-5-11(7-12(6-9)16(17)18)15-21(19,20)8-10-3-1-2-4-14-10/h5-7,10,14-15H,1-4,8H2. The van der Waals surface area contributed by atoms with Crippen LogP contribution in [0.2, 0.25) is 0 Å². The first-order valence-electron chi connectivity index (χ1n) is 6.54. The molecule has 1 unspecified atom stereocenters. The molecule has 2 rings (SSSR count). The fraction of sp³-hybridized carbons (Fsp3) is 0.500. The van der Waals surface area contributed by atoms with Crippen molar-refractivity contribution >= 4 is 21.4 Å². The van der Waals surface area contributed by atoms with E-state index >= 15 is 0 Å². The molecule has 116 valence electrons. The summed E-state index contributed by atoms with van der Waals surface area (Å²) in [6.07, 6.45) is 2.73. The highest BCUT2D eigenvalue weighted by Crippen LogP contribution is 2.21. The van der Waals surface area contributed by atoms with Crippen molar-refractivity contribution in [3.05, 3.63) is 34.1 Å². The molecule has 1 aromatic carbocycles. The van der Waals surface area contributed by atoms with E-state index in [1.54, 1.807) is 0 Å². The van der Waals surface area contributed by atoms with Crippen molar-refractivity contribution in [2.75, 3.05) is 17.0 Å². The summed E-state index contributed by atoms with van der Waals surface area (Å²) in [7, 11) is -3.70. The van der Waals surface area contributed by atoms with Gasteiger partial charge in [-0.25, -0.2) is 12.8 Å². The molecule has 0 aliphatic carbocycles. The smallest absolute Gasteiger partial charge is 0.274 e. The Morgan fingerprint density at radius 1 is 1.38 bits per heavy atom. The van der Waals surface area contributed by atoms with Crippen LogP contribution in [0.5, 0.6) is 0 Å². The molecule has 0 bridgehead atoms. The minimum absolute atomic E-state index is 0.141. The zero-order valence-corrected chi connectivity index (χ0v) is 12.0. The molecular formula is C12H16FN3O4S. The SMILES string of the molecule is O=[N+]([O-])c1cc(F)cc(NS(=O)(=O)CC2CCCCN2)c1. The predicted octanol–water partition coefficient (Wildman–Crippen LogP) is 1.62. The van der Waals surface area contributed by atoms with Crippen molar-refractivity contribution in [2.24, 2.45) is 0 Å². The van der Waals surface area contributed by atoms with Gasteiger partial charge in [0.25, 0.3) is 5.69 Å². The zero-order valence-electron chi connectivity index (χ0n) is 11.2. The molecule has 9 heteroatoms. The van der Waals surface area contributed by atoms with E-state index < -0.39 is 26.5 Å². The van der Waals surface area contributed by atoms with Crippen LogP contribution in [-0.2, 0) is 10.0 Å². The van der Waals surface area contributed by atoms with Crippen LogP contribution in [0, 0.1) is 15.9 Å². The van der Waals surface area contributed by atoms with Gasteiger partial charge in [-0.3, -0.25) is 14.8 Å². The summed E-state index contributed by atoms with van der Waals surface area (Å²) in [5.41, 5.74) is -0.638. The maximum absolute atomic E-state index is 13.3. The highest BCUT2D eigenvalue weighted by molar-refractivity contribution is 7.92. The third-order valence-electron chi connectivity index (χ3n) is 3.20. The van der Waals surface area contributed by atoms with Gasteiger partial charge in [0.15, 0.2) is 0 Å². The number of sulfonamides is 1. The molecular weight excluding hydrogens is 301 g/mol. The number of benzene rings is 1. The van der Waals surface area contributed by atoms with Crippen LogP contribution >= 0.6 is 0 Å². The molecule has 1 atom stereocenters. The molecule has 1 fully saturated rings. The van der Waals surface area contributed by atoms with Crippen molar-refractivity contribution in [2.45, 2.75) is 25.3 Å². The zero-order chi connectivity index (χ0) is 15.5. The molecule has 1 aliphatic rings. The summed E-state index contributed by atoms with van der Waals surface area (Å²) in [5.74, 6) is -1.00. The number of non-ortho nitro benzene ring substituents is 1. The Kier molecular flexibility index (Phi) is 4.73. The minimum atomic E-state index is -3.70. The second kappa shape index (κ2) is 6.35. The molecule has 0 amide bonds. The van der Waals surface area contributed by atoms with E-state index in [-0.39, 0.29) is 17.5 Å². The van der Waals surface area contributed by atoms with Crippen LogP contribution in [0.1, 0.15) is 19.3 Å². The number of halogens is 1. The Balaban J connectivity index is 2.10. The number of nitrogens with zero attached hydrogens (tertiary/aromatic N) is 1. The van der Waals surface area contributed by atoms with Crippen molar-refractivity contribution in [3.8, 4) is 0 Å². The Labute approximate surface area is 121 Å². The molecule has 7 nitrogen and oxygen atoms in total. The van der Waals surface area contributed by atoms with Crippen LogP contribution in [0.15, 0.2) is 18.2 Å². The molecule has 1 aliphatic heterocycles. The summed E-state index contributed by atoms with van der Waals surface area (Å²) in [5, 5.41) is 13.7. The molecule has 0 aromatic heterocycles. The predicted molar refractivity (Wildman–Crippen MR) is 76.1 cm³/mol. The lowest BCUT2D eigenvalue weighted by atomic mass is 10.1. The number of nitro groups is 1. The topological polar surface area (TPSA) is 101 Å². The Morgan fingerprint density at radius 3 is 2.76 bits per heavy atom. The Bertz CT molecular complexity index is 629. The quantitative estimate of drug-likeness (QED) is 0.635. The Hall–Kier alpha value is -1.74. The molecule has 21 heavy (non-hydrogen) atoms. The number of nitro benzene ring substituents is 1. The average molecular weight is 317 g/mol. The average Bonchev–Trinajstić information content (AvgIpc) is 2.37. The summed E-state index contributed by atoms with van der Waals surface area (Å²) >= 11 is 0. The van der Waals surface area contributed by atoms with Gasteiger partial charge in [0.05, 0.1) is 22.4 Å². The fourth-order valence-electron chi connectivity index (χ4n) is 2.29. The number of nitrogens with one attached hydrogen (secondary N) is 2. The van der Waals surface area contributed by atoms with Gasteiger partial charge in [0.1, 0.15) is 5.82 Å². The lowest BCUT2D eigenvalue weighted by Crippen LogP contribution is -2.40. The number of rotatable bonds is 5. The number of anilines is 1. The molecule has 1 aromatic rings. The maximum atomic E-state index is 13.3. The van der Waals surface area contributed by atoms with Gasteiger partial charge in [0, 0.05) is 12.1 Å². The van der Waals surface area contributed by atoms with Gasteiger partial charge in [-0.1, -0.05) is 6.42 Å². The third kappa shape index (κ3) is 4.64. The highest BCUT2D eigenvalue weighted by Gasteiger charge is 2.22. The maximum Gasteiger partial charge on any atom is 0.274 e. The molecule has 1 saturated heterocycles. The van der Waals surface area contributed by atoms with Crippen molar-refractivity contribution in [3.63, 3.8) is 0 Å². The van der Waals surface area contributed by atoms with Gasteiger partial charge in [-0.15, -0.1) is 0 Å². The van der Waals surface area contributed by atoms with Crippen molar-refractivity contribution in [1.29, 1.82) is 0 Å². The fourth-order valence-corrected chi connectivity index (χ4v) is 3.67. The summed E-state index contributed by atoms with van der Waals surface area (Å²) < 4.78 is 39.5. The second-order valence-electron chi connectivity index (χ2n) is 4.99. The van der Waals surface area contributed by atoms with Crippen molar-refractivity contribution < 1.29 is 17.7 Å². The minimum Gasteiger partial charge on any atom is -0.313 e. The number of piperidine rings is 1. The van der Waals surface area contributed by atoms with Crippen LogP contribution in [-0.4, -0.2) is 31.7 Å². The number of hydrogen-bond acceptors (Lipinski definition) is 5. The molecule has 0 radical (unpaired) electrons. The van der Waals surface area contributed by atoms with E-state index in [0.717, 1.165) is 44.0 Å². The summed E-state index contributed by atoms with van der Waals surface area (Å²) in [6.45, 7) is 0.769. The van der Waals surface area contributed by atoms with E-state index in [2.05, 4.69) is 10.0 Å². The van der Waals surface area contributed by atoms with E-state index in [9.17, 15) is 22.9 Å². The third-order valence-corrected chi connectivity index (χ3v) is 4.59. The molecule has 2 N–H and O–H groups in total. The van der Waals surface area contributed by atoms with Gasteiger partial charge in [-0.2, -0.15) is 0 Å². The van der Waals surface area contributed by atoms with Crippen LogP contribution in [0.25, 0.3) is 0 Å². The van der Waals surface area contributed by atoms with E-state index in [0.29, 0.717) is 0 Å². The first-order chi connectivity index (χ1) is 9.85. The first kappa shape index (κ1) is 15.6. The van der Waals surface area contributed by atoms with Gasteiger partial charge >= 0.3 is 0 Å². The van der Waals surface area contributed by atoms with Crippen LogP contribution < -0.4 is 10.0 Å². The molecule has 0 spiro atoms. The highest BCUT2D eigenvalue weighted by atomic mass is 32.2. The summed E-state index contributed by atoms with van der Waals surface area (Å²) in [6, 6.07) is 2.49. The normalized spacial score (nSPS) is 19.2. The van der Waals surface area contributed by atoms with Gasteiger partial charge in [-0.05, 0) is 25.5 Å². The number of hydrogen-bond donors (Lipinski definition) is 2. The monoisotopic (exact) mass is 317 g/mol. The first-order valence-corrected chi connectivity index (χ1v) is 8.20. The van der Waals surface area contributed by atoms with E-state index in [4.69, 9.17) is 0 Å². The van der Waals surface area contributed by atoms with Gasteiger partial charge < -0.3 is 5.32 Å². The van der Waals surface area contributed by atoms with Gasteiger partial charge in [0.2, 0.25) is 10.0 Å². The molecule has 1 heterocycles. The lowest BCUT2D eigenvalue weighted by Gasteiger charge is -2.23. The van der Waals surface area contributed by atoms with Crippen molar-refractivity contribution in [1.82, 2.24) is 5.32 Å².